The molecule has 1 aliphatic rings. The summed E-state index contributed by atoms with van der Waals surface area (Å²) in [6.07, 6.45) is -4.61. The summed E-state index contributed by atoms with van der Waals surface area (Å²) in [7, 11) is 1.84. The fourth-order valence-electron chi connectivity index (χ4n) is 4.11. The van der Waals surface area contributed by atoms with Crippen LogP contribution >= 0.6 is 0 Å². The summed E-state index contributed by atoms with van der Waals surface area (Å²) in [4.78, 5) is 14.1. The number of hydrogen-bond donors (Lipinski definition) is 2. The zero-order chi connectivity index (χ0) is 25.9. The monoisotopic (exact) mass is 505 g/mol. The molecule has 2 atom stereocenters. The number of likely N-dealkylation sites (tertiary alicyclic amines) is 1. The molecule has 1 aliphatic heterocycles. The molecule has 0 bridgehead atoms. The number of aryl methyl sites for hydroxylation is 1. The average Bonchev–Trinajstić information content (AvgIpc) is 3.43. The summed E-state index contributed by atoms with van der Waals surface area (Å²) < 4.78 is 57.6. The van der Waals surface area contributed by atoms with Gasteiger partial charge in [0.2, 0.25) is 0 Å². The lowest BCUT2D eigenvalue weighted by Gasteiger charge is -2.33. The summed E-state index contributed by atoms with van der Waals surface area (Å²) in [6, 6.07) is 5.86. The van der Waals surface area contributed by atoms with Gasteiger partial charge in [-0.2, -0.15) is 23.4 Å². The molecule has 1 amide bonds. The molecule has 1 saturated heterocycles. The fraction of sp³-hybridized carbons (Fsp3) is 0.458. The third-order valence-electron chi connectivity index (χ3n) is 5.96. The van der Waals surface area contributed by atoms with Crippen molar-refractivity contribution in [2.24, 2.45) is 0 Å². The van der Waals surface area contributed by atoms with E-state index in [1.54, 1.807) is 29.1 Å². The molecule has 0 spiro atoms. The van der Waals surface area contributed by atoms with Crippen molar-refractivity contribution in [3.05, 3.63) is 47.4 Å². The van der Waals surface area contributed by atoms with Crippen molar-refractivity contribution in [2.75, 3.05) is 32.0 Å². The molecule has 12 heteroatoms. The summed E-state index contributed by atoms with van der Waals surface area (Å²) in [5.41, 5.74) is 0.331. The van der Waals surface area contributed by atoms with Crippen LogP contribution in [0.5, 0.6) is 0 Å². The molecule has 1 fully saturated rings. The number of hydrogen-bond acceptors (Lipinski definition) is 5. The quantitative estimate of drug-likeness (QED) is 0.398. The first kappa shape index (κ1) is 25.5. The molecule has 0 unspecified atom stereocenters. The van der Waals surface area contributed by atoms with Crippen LogP contribution in [0.3, 0.4) is 0 Å². The molecule has 8 nitrogen and oxygen atoms in total. The van der Waals surface area contributed by atoms with E-state index in [0.717, 1.165) is 0 Å². The van der Waals surface area contributed by atoms with E-state index in [-0.39, 0.29) is 35.6 Å². The normalized spacial score (nSPS) is 18.6. The number of piperidine rings is 1. The van der Waals surface area contributed by atoms with E-state index in [1.165, 1.54) is 10.6 Å². The number of anilines is 1. The zero-order valence-corrected chi connectivity index (χ0v) is 19.9. The second-order valence-corrected chi connectivity index (χ2v) is 8.69. The van der Waals surface area contributed by atoms with E-state index in [0.29, 0.717) is 25.3 Å². The largest absolute Gasteiger partial charge is 0.393 e. The number of nitrogens with one attached hydrogen (secondary N) is 2. The molecular formula is C24H27F4N7O. The maximum atomic E-state index is 14.6. The van der Waals surface area contributed by atoms with Crippen LogP contribution in [-0.2, 0) is 13.0 Å². The van der Waals surface area contributed by atoms with Gasteiger partial charge in [-0.05, 0) is 44.5 Å². The Kier molecular flexibility index (Phi) is 7.49. The van der Waals surface area contributed by atoms with Gasteiger partial charge < -0.3 is 15.5 Å². The van der Waals surface area contributed by atoms with Gasteiger partial charge in [0.25, 0.3) is 5.91 Å². The number of pyridine rings is 1. The Morgan fingerprint density at radius 2 is 2.06 bits per heavy atom. The van der Waals surface area contributed by atoms with Crippen molar-refractivity contribution in [3.8, 4) is 11.8 Å². The van der Waals surface area contributed by atoms with Gasteiger partial charge in [-0.25, -0.2) is 8.91 Å². The number of halogens is 4. The lowest BCUT2D eigenvalue weighted by atomic mass is 10.0. The third kappa shape index (κ3) is 5.96. The molecule has 4 rings (SSSR count). The molecule has 3 aromatic rings. The number of alkyl halides is 4. The Balaban J connectivity index is 1.57. The number of nitrogens with zero attached hydrogens (tertiary/aromatic N) is 5. The molecule has 0 aromatic carbocycles. The predicted octanol–water partition coefficient (Wildman–Crippen LogP) is 2.89. The highest BCUT2D eigenvalue weighted by Crippen LogP contribution is 2.28. The van der Waals surface area contributed by atoms with E-state index in [9.17, 15) is 22.4 Å². The van der Waals surface area contributed by atoms with Crippen molar-refractivity contribution >= 4 is 17.2 Å². The summed E-state index contributed by atoms with van der Waals surface area (Å²) in [5, 5.41) is 14.1. The molecule has 192 valence electrons. The minimum absolute atomic E-state index is 0.0498. The number of aromatic nitrogens is 4. The van der Waals surface area contributed by atoms with Crippen LogP contribution in [0, 0.1) is 11.8 Å². The Labute approximate surface area is 205 Å². The molecule has 0 aliphatic carbocycles. The Bertz CT molecular complexity index is 1290. The van der Waals surface area contributed by atoms with Gasteiger partial charge >= 0.3 is 6.18 Å². The van der Waals surface area contributed by atoms with Gasteiger partial charge in [0.1, 0.15) is 23.4 Å². The molecule has 0 saturated carbocycles. The average molecular weight is 506 g/mol. The van der Waals surface area contributed by atoms with Crippen molar-refractivity contribution in [1.29, 1.82) is 0 Å². The summed E-state index contributed by atoms with van der Waals surface area (Å²) in [5.74, 6) is 5.29. The smallest absolute Gasteiger partial charge is 0.364 e. The van der Waals surface area contributed by atoms with Gasteiger partial charge in [0.15, 0.2) is 0 Å². The number of carbonyl (C=O) groups excluding carboxylic acids is 1. The second-order valence-electron chi connectivity index (χ2n) is 8.69. The molecule has 3 aromatic heterocycles. The molecule has 4 heterocycles. The first-order valence-corrected chi connectivity index (χ1v) is 11.6. The first-order chi connectivity index (χ1) is 17.1. The van der Waals surface area contributed by atoms with E-state index in [1.807, 2.05) is 18.9 Å². The predicted molar refractivity (Wildman–Crippen MR) is 126 cm³/mol. The van der Waals surface area contributed by atoms with Crippen LogP contribution < -0.4 is 10.6 Å². The topological polar surface area (TPSA) is 79.5 Å². The first-order valence-electron chi connectivity index (χ1n) is 11.6. The second kappa shape index (κ2) is 10.6. The number of carbonyl (C=O) groups is 1. The SMILES string of the molecule is CCn1ccc(C(=O)NCC#Cc2nn3c(N[C@@H]4CCN(C)C[C@@H]4F)cccc3c2CC(F)(F)F)n1. The van der Waals surface area contributed by atoms with Crippen LogP contribution in [0.2, 0.25) is 0 Å². The van der Waals surface area contributed by atoms with Crippen molar-refractivity contribution < 1.29 is 22.4 Å². The summed E-state index contributed by atoms with van der Waals surface area (Å²) >= 11 is 0. The highest BCUT2D eigenvalue weighted by molar-refractivity contribution is 5.92. The van der Waals surface area contributed by atoms with Crippen molar-refractivity contribution in [3.63, 3.8) is 0 Å². The maximum absolute atomic E-state index is 14.6. The highest BCUT2D eigenvalue weighted by atomic mass is 19.4. The van der Waals surface area contributed by atoms with Gasteiger partial charge in [-0.3, -0.25) is 9.48 Å². The Morgan fingerprint density at radius 3 is 2.75 bits per heavy atom. The van der Waals surface area contributed by atoms with E-state index >= 15 is 0 Å². The Morgan fingerprint density at radius 1 is 1.25 bits per heavy atom. The Hall–Kier alpha value is -3.59. The number of amides is 1. The van der Waals surface area contributed by atoms with Crippen LogP contribution in [0.25, 0.3) is 5.52 Å². The molecule has 0 radical (unpaired) electrons. The third-order valence-corrected chi connectivity index (χ3v) is 5.96. The molecule has 2 N–H and O–H groups in total. The highest BCUT2D eigenvalue weighted by Gasteiger charge is 2.32. The van der Waals surface area contributed by atoms with Gasteiger partial charge in [-0.15, -0.1) is 0 Å². The summed E-state index contributed by atoms with van der Waals surface area (Å²) in [6.45, 7) is 3.38. The number of fused-ring (bicyclic) bond motifs is 1. The zero-order valence-electron chi connectivity index (χ0n) is 19.9. The standard InChI is InChI=1S/C24H27F4N7O/c1-3-34-13-10-20(31-34)23(36)29-11-5-6-18-16(14-24(26,27)28)21-7-4-8-22(35(21)32-18)30-19-9-12-33(2)15-17(19)25/h4,7-8,10,13,17,19,30H,3,9,11-12,14-15H2,1-2H3,(H,29,36)/t17-,19+/m0/s1. The van der Waals surface area contributed by atoms with Crippen LogP contribution in [0.15, 0.2) is 30.5 Å². The van der Waals surface area contributed by atoms with E-state index in [2.05, 4.69) is 32.7 Å². The maximum Gasteiger partial charge on any atom is 0.393 e. The lowest BCUT2D eigenvalue weighted by molar-refractivity contribution is -0.127. The number of rotatable bonds is 6. The van der Waals surface area contributed by atoms with Crippen molar-refractivity contribution in [2.45, 2.75) is 44.7 Å². The van der Waals surface area contributed by atoms with Gasteiger partial charge in [0, 0.05) is 31.4 Å². The van der Waals surface area contributed by atoms with Gasteiger partial charge in [0.05, 0.1) is 24.5 Å². The van der Waals surface area contributed by atoms with Crippen LogP contribution in [0.4, 0.5) is 23.4 Å². The van der Waals surface area contributed by atoms with E-state index in [4.69, 9.17) is 0 Å². The van der Waals surface area contributed by atoms with Crippen LogP contribution in [-0.4, -0.2) is 75.3 Å². The molecular weight excluding hydrogens is 478 g/mol. The van der Waals surface area contributed by atoms with Gasteiger partial charge in [-0.1, -0.05) is 12.0 Å². The lowest BCUT2D eigenvalue weighted by Crippen LogP contribution is -2.46. The van der Waals surface area contributed by atoms with E-state index < -0.39 is 30.7 Å². The fourth-order valence-corrected chi connectivity index (χ4v) is 4.11. The van der Waals surface area contributed by atoms with Crippen LogP contribution in [0.1, 0.15) is 35.1 Å². The minimum atomic E-state index is -4.48. The van der Waals surface area contributed by atoms with Crippen molar-refractivity contribution in [1.82, 2.24) is 29.6 Å². The minimum Gasteiger partial charge on any atom is -0.364 e. The molecule has 36 heavy (non-hydrogen) atoms.